The van der Waals surface area contributed by atoms with Gasteiger partial charge in [0, 0.05) is 6.42 Å². The summed E-state index contributed by atoms with van der Waals surface area (Å²) in [6.45, 7) is 4.83. The molecular formula is C26H54N5NaO2. The van der Waals surface area contributed by atoms with Crippen molar-refractivity contribution >= 4 is 47.4 Å². The van der Waals surface area contributed by atoms with Gasteiger partial charge in [-0.25, -0.2) is 4.79 Å². The van der Waals surface area contributed by atoms with Crippen LogP contribution in [0, 0.1) is 10.8 Å². The zero-order valence-corrected chi connectivity index (χ0v) is 21.7. The van der Waals surface area contributed by atoms with Crippen molar-refractivity contribution in [2.45, 2.75) is 142 Å². The van der Waals surface area contributed by atoms with Crippen molar-refractivity contribution in [2.75, 3.05) is 6.54 Å². The minimum atomic E-state index is -0.336. The van der Waals surface area contributed by atoms with Gasteiger partial charge in [0.05, 0.1) is 6.54 Å². The SMILES string of the molecule is CCCCCCCCCCCCCCCCCC(=O)ON(CCCCCC)C(=N)NC(=N)N.[NaH]. The molecule has 0 amide bonds. The summed E-state index contributed by atoms with van der Waals surface area (Å²) in [4.78, 5) is 17.6. The Hall–Kier alpha value is -0.790. The van der Waals surface area contributed by atoms with E-state index in [0.29, 0.717) is 13.0 Å². The van der Waals surface area contributed by atoms with Crippen molar-refractivity contribution < 1.29 is 9.63 Å². The normalized spacial score (nSPS) is 10.4. The van der Waals surface area contributed by atoms with Gasteiger partial charge in [-0.2, -0.15) is 5.06 Å². The number of carbonyl (C=O) groups excluding carboxylic acids is 1. The molecule has 0 spiro atoms. The number of nitrogens with two attached hydrogens (primary N) is 1. The summed E-state index contributed by atoms with van der Waals surface area (Å²) >= 11 is 0. The topological polar surface area (TPSA) is 115 Å². The molecule has 0 radical (unpaired) electrons. The van der Waals surface area contributed by atoms with Gasteiger partial charge in [0.15, 0.2) is 5.96 Å². The maximum atomic E-state index is 12.2. The summed E-state index contributed by atoms with van der Waals surface area (Å²) in [5.41, 5.74) is 5.30. The first-order valence-corrected chi connectivity index (χ1v) is 13.7. The molecule has 0 saturated carbocycles. The number of nitrogens with zero attached hydrogens (tertiary/aromatic N) is 1. The van der Waals surface area contributed by atoms with Gasteiger partial charge in [-0.15, -0.1) is 0 Å². The molecule has 0 rings (SSSR count). The third-order valence-corrected chi connectivity index (χ3v) is 5.91. The molecule has 0 bridgehead atoms. The predicted molar refractivity (Wildman–Crippen MR) is 146 cm³/mol. The Morgan fingerprint density at radius 2 is 1.09 bits per heavy atom. The summed E-state index contributed by atoms with van der Waals surface area (Å²) in [7, 11) is 0. The molecule has 196 valence electrons. The van der Waals surface area contributed by atoms with Gasteiger partial charge in [-0.05, 0) is 12.8 Å². The molecule has 0 aliphatic heterocycles. The second-order valence-electron chi connectivity index (χ2n) is 9.21. The number of rotatable bonds is 21. The minimum absolute atomic E-state index is 0. The van der Waals surface area contributed by atoms with Gasteiger partial charge in [0.2, 0.25) is 5.96 Å². The van der Waals surface area contributed by atoms with Crippen LogP contribution in [0.4, 0.5) is 0 Å². The van der Waals surface area contributed by atoms with Crippen molar-refractivity contribution in [2.24, 2.45) is 5.73 Å². The van der Waals surface area contributed by atoms with E-state index in [2.05, 4.69) is 19.2 Å². The molecule has 0 aliphatic carbocycles. The van der Waals surface area contributed by atoms with Crippen LogP contribution in [-0.4, -0.2) is 59.1 Å². The Bertz CT molecular complexity index is 506. The number of hydrogen-bond donors (Lipinski definition) is 4. The summed E-state index contributed by atoms with van der Waals surface area (Å²) in [5, 5.41) is 18.9. The molecule has 0 fully saturated rings. The molecule has 0 aromatic rings. The predicted octanol–water partition coefficient (Wildman–Crippen LogP) is 6.36. The Labute approximate surface area is 232 Å². The third kappa shape index (κ3) is 24.3. The average molecular weight is 492 g/mol. The monoisotopic (exact) mass is 491 g/mol. The maximum absolute atomic E-state index is 12.2. The number of nitrogens with one attached hydrogen (secondary N) is 3. The van der Waals surface area contributed by atoms with Crippen LogP contribution >= 0.6 is 0 Å². The van der Waals surface area contributed by atoms with E-state index in [1.54, 1.807) is 0 Å². The van der Waals surface area contributed by atoms with Crippen molar-refractivity contribution in [1.29, 1.82) is 10.8 Å². The van der Waals surface area contributed by atoms with Crippen LogP contribution in [0.25, 0.3) is 0 Å². The van der Waals surface area contributed by atoms with Gasteiger partial charge in [0.1, 0.15) is 0 Å². The molecule has 0 heterocycles. The van der Waals surface area contributed by atoms with Gasteiger partial charge < -0.3 is 10.6 Å². The number of guanidine groups is 2. The summed E-state index contributed by atoms with van der Waals surface area (Å²) < 4.78 is 0. The molecule has 8 heteroatoms. The van der Waals surface area contributed by atoms with E-state index >= 15 is 0 Å². The quantitative estimate of drug-likeness (QED) is 0.0490. The standard InChI is InChI=1S/C26H53N5O2.Na.H/c1-3-5-7-9-10-11-12-13-14-15-16-17-18-19-20-22-24(32)33-31(23-21-8-6-4-2)26(29)30-25(27)28;;/h3-23H2,1-2H3,(H5,27,28,29,30);;. The molecule has 0 atom stereocenters. The average Bonchev–Trinajstić information content (AvgIpc) is 2.78. The van der Waals surface area contributed by atoms with Crippen molar-refractivity contribution in [3.05, 3.63) is 0 Å². The van der Waals surface area contributed by atoms with Crippen LogP contribution < -0.4 is 11.1 Å². The Morgan fingerprint density at radius 3 is 1.50 bits per heavy atom. The zero-order chi connectivity index (χ0) is 24.6. The molecule has 0 aliphatic rings. The van der Waals surface area contributed by atoms with Crippen LogP contribution in [0.3, 0.4) is 0 Å². The number of hydrogen-bond acceptors (Lipinski definition) is 4. The Kier molecular flexibility index (Phi) is 27.9. The van der Waals surface area contributed by atoms with E-state index in [1.165, 1.54) is 82.1 Å². The van der Waals surface area contributed by atoms with E-state index in [-0.39, 0.29) is 47.4 Å². The number of hydroxylamine groups is 2. The van der Waals surface area contributed by atoms with Crippen LogP contribution in [0.5, 0.6) is 0 Å². The number of carbonyl (C=O) groups is 1. The van der Waals surface area contributed by atoms with Gasteiger partial charge >= 0.3 is 35.5 Å². The fourth-order valence-electron chi connectivity index (χ4n) is 3.88. The molecular weight excluding hydrogens is 437 g/mol. The molecule has 0 unspecified atom stereocenters. The first-order valence-electron chi connectivity index (χ1n) is 13.7. The van der Waals surface area contributed by atoms with E-state index in [4.69, 9.17) is 21.4 Å². The third-order valence-electron chi connectivity index (χ3n) is 5.91. The van der Waals surface area contributed by atoms with Crippen molar-refractivity contribution in [3.63, 3.8) is 0 Å². The second-order valence-corrected chi connectivity index (χ2v) is 9.21. The second kappa shape index (κ2) is 26.8. The molecule has 0 aromatic carbocycles. The first-order chi connectivity index (χ1) is 16.0. The zero-order valence-electron chi connectivity index (χ0n) is 21.7. The first kappa shape index (κ1) is 35.4. The van der Waals surface area contributed by atoms with Crippen LogP contribution in [0.1, 0.15) is 142 Å². The van der Waals surface area contributed by atoms with E-state index < -0.39 is 0 Å². The van der Waals surface area contributed by atoms with E-state index in [1.807, 2.05) is 0 Å². The fraction of sp³-hybridized carbons (Fsp3) is 0.885. The van der Waals surface area contributed by atoms with Gasteiger partial charge in [-0.1, -0.05) is 123 Å². The summed E-state index contributed by atoms with van der Waals surface area (Å²) in [6, 6.07) is 0. The molecule has 7 nitrogen and oxygen atoms in total. The molecule has 34 heavy (non-hydrogen) atoms. The molecule has 0 aromatic heterocycles. The van der Waals surface area contributed by atoms with E-state index in [0.717, 1.165) is 44.9 Å². The fourth-order valence-corrected chi connectivity index (χ4v) is 3.88. The van der Waals surface area contributed by atoms with Crippen LogP contribution in [-0.2, 0) is 9.63 Å². The Morgan fingerprint density at radius 1 is 0.706 bits per heavy atom. The van der Waals surface area contributed by atoms with Crippen LogP contribution in [0.2, 0.25) is 0 Å². The Balaban J connectivity index is 0. The van der Waals surface area contributed by atoms with E-state index in [9.17, 15) is 4.79 Å². The van der Waals surface area contributed by atoms with Gasteiger partial charge in [-0.3, -0.25) is 16.1 Å². The number of unbranched alkanes of at least 4 members (excludes halogenated alkanes) is 17. The molecule has 5 N–H and O–H groups in total. The van der Waals surface area contributed by atoms with Crippen molar-refractivity contribution in [3.8, 4) is 0 Å². The summed E-state index contributed by atoms with van der Waals surface area (Å²) in [6.07, 6.45) is 23.8. The van der Waals surface area contributed by atoms with Gasteiger partial charge in [0.25, 0.3) is 0 Å². The summed E-state index contributed by atoms with van der Waals surface area (Å²) in [5.74, 6) is -0.823. The molecule has 0 saturated heterocycles. The van der Waals surface area contributed by atoms with Crippen molar-refractivity contribution in [1.82, 2.24) is 10.4 Å². The van der Waals surface area contributed by atoms with Crippen LogP contribution in [0.15, 0.2) is 0 Å².